The fraction of sp³-hybridized carbons (Fsp3) is 0.200. The Kier molecular flexibility index (Phi) is 4.68. The Morgan fingerprint density at radius 3 is 2.64 bits per heavy atom. The highest BCUT2D eigenvalue weighted by Gasteiger charge is 2.23. The number of ether oxygens (including phenoxy) is 3. The Balaban J connectivity index is 1.72. The minimum atomic E-state index is -0.801. The maximum Gasteiger partial charge on any atom is 0.407 e. The molecule has 1 atom stereocenters. The summed E-state index contributed by atoms with van der Waals surface area (Å²) >= 11 is 0. The largest absolute Gasteiger partial charge is 0.491 e. The molecule has 8 heteroatoms. The second-order valence-electron chi connectivity index (χ2n) is 6.24. The molecule has 1 amide bonds. The lowest BCUT2D eigenvalue weighted by atomic mass is 10.0. The van der Waals surface area contributed by atoms with Crippen molar-refractivity contribution in [1.82, 2.24) is 10.3 Å². The molecule has 1 saturated heterocycles. The number of rotatable bonds is 5. The molecule has 1 aliphatic heterocycles. The van der Waals surface area contributed by atoms with Crippen molar-refractivity contribution in [3.8, 4) is 22.6 Å². The molecule has 4 rings (SSSR count). The van der Waals surface area contributed by atoms with Crippen LogP contribution in [0.2, 0.25) is 0 Å². The summed E-state index contributed by atoms with van der Waals surface area (Å²) < 4.78 is 43.9. The van der Waals surface area contributed by atoms with Crippen LogP contribution < -0.4 is 14.8 Å². The van der Waals surface area contributed by atoms with Crippen molar-refractivity contribution in [3.05, 3.63) is 54.2 Å². The van der Waals surface area contributed by atoms with E-state index < -0.39 is 29.6 Å². The van der Waals surface area contributed by atoms with Gasteiger partial charge in [-0.3, -0.25) is 4.98 Å². The van der Waals surface area contributed by atoms with Gasteiger partial charge in [0.2, 0.25) is 0 Å². The summed E-state index contributed by atoms with van der Waals surface area (Å²) in [6, 6.07) is 9.38. The number of fused-ring (bicyclic) bond motifs is 1. The smallest absolute Gasteiger partial charge is 0.407 e. The van der Waals surface area contributed by atoms with Crippen LogP contribution in [0.5, 0.6) is 11.5 Å². The maximum atomic E-state index is 14.1. The maximum absolute atomic E-state index is 14.1. The highest BCUT2D eigenvalue weighted by atomic mass is 19.1. The summed E-state index contributed by atoms with van der Waals surface area (Å²) in [5.74, 6) is -1.56. The van der Waals surface area contributed by atoms with Crippen LogP contribution in [0.4, 0.5) is 13.6 Å². The number of pyridine rings is 1. The molecule has 0 radical (unpaired) electrons. The molecule has 2 heterocycles. The summed E-state index contributed by atoms with van der Waals surface area (Å²) in [6.07, 6.45) is 0.713. The van der Waals surface area contributed by atoms with Crippen molar-refractivity contribution in [3.63, 3.8) is 0 Å². The molecule has 2 aromatic carbocycles. The van der Waals surface area contributed by atoms with Gasteiger partial charge in [-0.1, -0.05) is 0 Å². The predicted octanol–water partition coefficient (Wildman–Crippen LogP) is 3.68. The SMILES string of the molecule is COc1c(F)cc(-c2cc(OC[C@H]3CNC(=O)O3)c3cccnc3c2)cc1F. The first-order valence-corrected chi connectivity index (χ1v) is 8.54. The van der Waals surface area contributed by atoms with Crippen molar-refractivity contribution in [2.24, 2.45) is 0 Å². The number of amides is 1. The molecule has 0 saturated carbocycles. The molecule has 144 valence electrons. The Hall–Kier alpha value is -3.42. The third-order valence-electron chi connectivity index (χ3n) is 4.39. The Morgan fingerprint density at radius 2 is 1.96 bits per heavy atom. The van der Waals surface area contributed by atoms with Crippen LogP contribution in [-0.4, -0.2) is 37.4 Å². The van der Waals surface area contributed by atoms with Crippen LogP contribution in [0.15, 0.2) is 42.6 Å². The van der Waals surface area contributed by atoms with Gasteiger partial charge in [-0.2, -0.15) is 0 Å². The molecule has 28 heavy (non-hydrogen) atoms. The van der Waals surface area contributed by atoms with Gasteiger partial charge in [-0.25, -0.2) is 13.6 Å². The summed E-state index contributed by atoms with van der Waals surface area (Å²) in [4.78, 5) is 15.5. The van der Waals surface area contributed by atoms with E-state index in [1.807, 2.05) is 6.07 Å². The summed E-state index contributed by atoms with van der Waals surface area (Å²) in [6.45, 7) is 0.487. The van der Waals surface area contributed by atoms with Crippen LogP contribution in [0, 0.1) is 11.6 Å². The highest BCUT2D eigenvalue weighted by molar-refractivity contribution is 5.90. The van der Waals surface area contributed by atoms with Crippen LogP contribution in [0.25, 0.3) is 22.0 Å². The van der Waals surface area contributed by atoms with Crippen molar-refractivity contribution in [1.29, 1.82) is 0 Å². The molecule has 6 nitrogen and oxygen atoms in total. The number of hydrogen-bond donors (Lipinski definition) is 1. The number of hydrogen-bond acceptors (Lipinski definition) is 5. The Morgan fingerprint density at radius 1 is 1.21 bits per heavy atom. The van der Waals surface area contributed by atoms with Crippen molar-refractivity contribution in [2.45, 2.75) is 6.10 Å². The zero-order valence-corrected chi connectivity index (χ0v) is 14.9. The number of cyclic esters (lactones) is 1. The molecule has 0 unspecified atom stereocenters. The fourth-order valence-corrected chi connectivity index (χ4v) is 3.06. The van der Waals surface area contributed by atoms with E-state index in [2.05, 4.69) is 10.3 Å². The topological polar surface area (TPSA) is 69.7 Å². The number of aromatic nitrogens is 1. The van der Waals surface area contributed by atoms with E-state index in [1.165, 1.54) is 19.2 Å². The molecule has 0 aliphatic carbocycles. The lowest BCUT2D eigenvalue weighted by Crippen LogP contribution is -2.22. The first-order chi connectivity index (χ1) is 13.5. The Labute approximate surface area is 159 Å². The summed E-state index contributed by atoms with van der Waals surface area (Å²) in [5.41, 5.74) is 1.46. The van der Waals surface area contributed by atoms with Crippen LogP contribution >= 0.6 is 0 Å². The number of carbonyl (C=O) groups is 1. The van der Waals surface area contributed by atoms with Gasteiger partial charge >= 0.3 is 6.09 Å². The van der Waals surface area contributed by atoms with E-state index in [-0.39, 0.29) is 6.61 Å². The van der Waals surface area contributed by atoms with Gasteiger partial charge in [0.1, 0.15) is 12.4 Å². The fourth-order valence-electron chi connectivity index (χ4n) is 3.06. The van der Waals surface area contributed by atoms with Gasteiger partial charge in [-0.15, -0.1) is 0 Å². The van der Waals surface area contributed by atoms with E-state index in [4.69, 9.17) is 14.2 Å². The molecule has 0 spiro atoms. The average molecular weight is 386 g/mol. The number of alkyl carbamates (subject to hydrolysis) is 1. The highest BCUT2D eigenvalue weighted by Crippen LogP contribution is 2.34. The quantitative estimate of drug-likeness (QED) is 0.725. The van der Waals surface area contributed by atoms with E-state index in [9.17, 15) is 13.6 Å². The third kappa shape index (κ3) is 3.40. The van der Waals surface area contributed by atoms with Gasteiger partial charge in [0.25, 0.3) is 0 Å². The minimum Gasteiger partial charge on any atom is -0.491 e. The number of halogens is 2. The van der Waals surface area contributed by atoms with Gasteiger partial charge in [0.05, 0.1) is 19.2 Å². The normalized spacial score (nSPS) is 16.0. The Bertz CT molecular complexity index is 1030. The standard InChI is InChI=1S/C20H16F2N2O4/c1-26-19-15(21)5-11(6-16(19)22)12-7-17-14(3-2-4-23-17)18(8-12)27-10-13-9-24-20(25)28-13/h2-8,13H,9-10H2,1H3,(H,24,25)/t13-/m1/s1. The molecule has 0 bridgehead atoms. The number of benzene rings is 2. The monoisotopic (exact) mass is 386 g/mol. The van der Waals surface area contributed by atoms with Gasteiger partial charge in [0.15, 0.2) is 23.5 Å². The average Bonchev–Trinajstić information content (AvgIpc) is 3.11. The molecule has 3 aromatic rings. The van der Waals surface area contributed by atoms with E-state index in [0.29, 0.717) is 28.9 Å². The molecular formula is C20H16F2N2O4. The summed E-state index contributed by atoms with van der Waals surface area (Å²) in [7, 11) is 1.21. The number of nitrogens with zero attached hydrogens (tertiary/aromatic N) is 1. The van der Waals surface area contributed by atoms with E-state index in [0.717, 1.165) is 5.39 Å². The molecule has 1 N–H and O–H groups in total. The molecule has 1 fully saturated rings. The minimum absolute atomic E-state index is 0.136. The zero-order valence-electron chi connectivity index (χ0n) is 14.9. The molecule has 1 aromatic heterocycles. The lowest BCUT2D eigenvalue weighted by molar-refractivity contribution is 0.105. The first-order valence-electron chi connectivity index (χ1n) is 8.54. The molecular weight excluding hydrogens is 370 g/mol. The van der Waals surface area contributed by atoms with E-state index >= 15 is 0 Å². The van der Waals surface area contributed by atoms with Crippen molar-refractivity contribution >= 4 is 17.0 Å². The predicted molar refractivity (Wildman–Crippen MR) is 97.4 cm³/mol. The van der Waals surface area contributed by atoms with E-state index in [1.54, 1.807) is 24.4 Å². The van der Waals surface area contributed by atoms with Crippen LogP contribution in [0.3, 0.4) is 0 Å². The number of methoxy groups -OCH3 is 1. The van der Waals surface area contributed by atoms with Gasteiger partial charge in [-0.05, 0) is 47.5 Å². The van der Waals surface area contributed by atoms with Crippen molar-refractivity contribution < 1.29 is 27.8 Å². The molecule has 1 aliphatic rings. The van der Waals surface area contributed by atoms with Gasteiger partial charge in [0, 0.05) is 11.6 Å². The third-order valence-corrected chi connectivity index (χ3v) is 4.39. The van der Waals surface area contributed by atoms with Crippen LogP contribution in [0.1, 0.15) is 0 Å². The lowest BCUT2D eigenvalue weighted by Gasteiger charge is -2.14. The first kappa shape index (κ1) is 18.0. The number of carbonyl (C=O) groups excluding carboxylic acids is 1. The second kappa shape index (κ2) is 7.30. The van der Waals surface area contributed by atoms with Crippen LogP contribution in [-0.2, 0) is 4.74 Å². The zero-order chi connectivity index (χ0) is 19.7. The summed E-state index contributed by atoms with van der Waals surface area (Å²) in [5, 5.41) is 3.29. The number of nitrogens with one attached hydrogen (secondary N) is 1. The van der Waals surface area contributed by atoms with Crippen molar-refractivity contribution in [2.75, 3.05) is 20.3 Å². The van der Waals surface area contributed by atoms with Gasteiger partial charge < -0.3 is 19.5 Å². The second-order valence-corrected chi connectivity index (χ2v) is 6.24.